The van der Waals surface area contributed by atoms with Crippen molar-refractivity contribution in [3.63, 3.8) is 0 Å². The van der Waals surface area contributed by atoms with Crippen LogP contribution >= 0.6 is 0 Å². The first-order chi connectivity index (χ1) is 10.7. The molecule has 23 heavy (non-hydrogen) atoms. The van der Waals surface area contributed by atoms with E-state index < -0.39 is 13.0 Å². The van der Waals surface area contributed by atoms with Gasteiger partial charge >= 0.3 is 0 Å². The molecule has 2 aromatic rings. The van der Waals surface area contributed by atoms with Crippen LogP contribution in [0.15, 0.2) is 30.5 Å². The van der Waals surface area contributed by atoms with Gasteiger partial charge in [0, 0.05) is 23.7 Å². The third kappa shape index (κ3) is 4.08. The fourth-order valence-electron chi connectivity index (χ4n) is 2.10. The molecule has 0 unspecified atom stereocenters. The van der Waals surface area contributed by atoms with Gasteiger partial charge in [-0.1, -0.05) is 25.6 Å². The second-order valence-corrected chi connectivity index (χ2v) is 11.5. The molecule has 0 aliphatic rings. The van der Waals surface area contributed by atoms with E-state index in [9.17, 15) is 10.1 Å². The van der Waals surface area contributed by atoms with Crippen LogP contribution in [0.1, 0.15) is 25.6 Å². The van der Waals surface area contributed by atoms with E-state index in [2.05, 4.69) is 50.1 Å². The van der Waals surface area contributed by atoms with Gasteiger partial charge in [0.05, 0.1) is 11.1 Å². The number of nitrogens with zero attached hydrogens (tertiary/aromatic N) is 3. The van der Waals surface area contributed by atoms with Crippen molar-refractivity contribution >= 4 is 13.8 Å². The van der Waals surface area contributed by atoms with E-state index >= 15 is 0 Å². The molecule has 6 heteroatoms. The standard InChI is InChI=1S/C17H21N3O2Si/c1-13(2)19-17(10-11-23(3,4)5)16(12-18-19)14-6-8-15(9-7-14)20(21)22/h6-9,12-13H,1-5H3. The van der Waals surface area contributed by atoms with Crippen molar-refractivity contribution < 1.29 is 4.92 Å². The quantitative estimate of drug-likeness (QED) is 0.366. The fraction of sp³-hybridized carbons (Fsp3) is 0.353. The highest BCUT2D eigenvalue weighted by molar-refractivity contribution is 6.83. The lowest BCUT2D eigenvalue weighted by Crippen LogP contribution is -2.17. The third-order valence-corrected chi connectivity index (χ3v) is 4.10. The summed E-state index contributed by atoms with van der Waals surface area (Å²) in [6.07, 6.45) is 1.79. The summed E-state index contributed by atoms with van der Waals surface area (Å²) in [5.41, 5.74) is 6.14. The average molecular weight is 327 g/mol. The SMILES string of the molecule is CC(C)n1ncc(-c2ccc([N+](=O)[O-])cc2)c1C#C[Si](C)(C)C. The van der Waals surface area contributed by atoms with Gasteiger partial charge < -0.3 is 0 Å². The molecule has 0 saturated heterocycles. The summed E-state index contributed by atoms with van der Waals surface area (Å²) < 4.78 is 1.91. The largest absolute Gasteiger partial charge is 0.269 e. The summed E-state index contributed by atoms with van der Waals surface area (Å²) in [6, 6.07) is 6.72. The molecule has 0 saturated carbocycles. The zero-order valence-corrected chi connectivity index (χ0v) is 15.1. The van der Waals surface area contributed by atoms with Crippen LogP contribution in [0.5, 0.6) is 0 Å². The molecular weight excluding hydrogens is 306 g/mol. The lowest BCUT2D eigenvalue weighted by Gasteiger charge is -2.09. The maximum atomic E-state index is 10.8. The van der Waals surface area contributed by atoms with Gasteiger partial charge in [0.15, 0.2) is 0 Å². The van der Waals surface area contributed by atoms with E-state index in [1.165, 1.54) is 12.1 Å². The second-order valence-electron chi connectivity index (χ2n) is 6.75. The summed E-state index contributed by atoms with van der Waals surface area (Å²) >= 11 is 0. The minimum atomic E-state index is -1.51. The molecule has 0 aliphatic carbocycles. The first kappa shape index (κ1) is 17.0. The lowest BCUT2D eigenvalue weighted by atomic mass is 10.1. The Hall–Kier alpha value is -2.39. The molecule has 5 nitrogen and oxygen atoms in total. The average Bonchev–Trinajstić information content (AvgIpc) is 2.88. The Morgan fingerprint density at radius 2 is 1.83 bits per heavy atom. The maximum absolute atomic E-state index is 10.8. The topological polar surface area (TPSA) is 61.0 Å². The van der Waals surface area contributed by atoms with Crippen LogP contribution in [0.25, 0.3) is 11.1 Å². The molecule has 0 amide bonds. The molecule has 0 atom stereocenters. The normalized spacial score (nSPS) is 11.2. The summed E-state index contributed by atoms with van der Waals surface area (Å²) in [6.45, 7) is 10.7. The van der Waals surface area contributed by atoms with E-state index in [-0.39, 0.29) is 11.7 Å². The van der Waals surface area contributed by atoms with Crippen LogP contribution in [0.3, 0.4) is 0 Å². The number of nitro benzene ring substituents is 1. The highest BCUT2D eigenvalue weighted by Gasteiger charge is 2.15. The van der Waals surface area contributed by atoms with Crippen molar-refractivity contribution in [2.45, 2.75) is 39.5 Å². The lowest BCUT2D eigenvalue weighted by molar-refractivity contribution is -0.384. The first-order valence-electron chi connectivity index (χ1n) is 7.54. The highest BCUT2D eigenvalue weighted by atomic mass is 28.3. The number of hydrogen-bond donors (Lipinski definition) is 0. The van der Waals surface area contributed by atoms with Gasteiger partial charge in [-0.15, -0.1) is 5.54 Å². The molecule has 0 bridgehead atoms. The Bertz CT molecular complexity index is 775. The van der Waals surface area contributed by atoms with E-state index in [4.69, 9.17) is 0 Å². The van der Waals surface area contributed by atoms with Crippen LogP contribution in [-0.4, -0.2) is 22.8 Å². The van der Waals surface area contributed by atoms with Gasteiger partial charge in [-0.05, 0) is 31.5 Å². The van der Waals surface area contributed by atoms with Gasteiger partial charge in [-0.3, -0.25) is 14.8 Å². The predicted octanol–water partition coefficient (Wildman–Crippen LogP) is 4.27. The van der Waals surface area contributed by atoms with Crippen LogP contribution in [0, 0.1) is 21.6 Å². The summed E-state index contributed by atoms with van der Waals surface area (Å²) in [5, 5.41) is 15.2. The molecule has 1 heterocycles. The predicted molar refractivity (Wildman–Crippen MR) is 94.9 cm³/mol. The summed E-state index contributed by atoms with van der Waals surface area (Å²) in [4.78, 5) is 10.4. The number of hydrogen-bond acceptors (Lipinski definition) is 3. The van der Waals surface area contributed by atoms with E-state index in [1.807, 2.05) is 4.68 Å². The Kier molecular flexibility index (Phi) is 4.71. The van der Waals surface area contributed by atoms with Gasteiger partial charge in [-0.2, -0.15) is 5.10 Å². The number of benzene rings is 1. The van der Waals surface area contributed by atoms with Crippen molar-refractivity contribution in [3.05, 3.63) is 46.3 Å². The molecule has 2 rings (SSSR count). The number of nitro groups is 1. The van der Waals surface area contributed by atoms with Crippen molar-refractivity contribution in [3.8, 4) is 22.6 Å². The molecule has 1 aromatic carbocycles. The van der Waals surface area contributed by atoms with Crippen LogP contribution in [0.4, 0.5) is 5.69 Å². The van der Waals surface area contributed by atoms with Crippen molar-refractivity contribution in [1.29, 1.82) is 0 Å². The molecule has 0 N–H and O–H groups in total. The zero-order valence-electron chi connectivity index (χ0n) is 14.1. The number of rotatable bonds is 3. The van der Waals surface area contributed by atoms with Gasteiger partial charge in [0.25, 0.3) is 5.69 Å². The third-order valence-electron chi connectivity index (χ3n) is 3.23. The Morgan fingerprint density at radius 3 is 2.30 bits per heavy atom. The Labute approximate surface area is 137 Å². The van der Waals surface area contributed by atoms with E-state index in [0.717, 1.165) is 16.8 Å². The number of aromatic nitrogens is 2. The van der Waals surface area contributed by atoms with Crippen LogP contribution < -0.4 is 0 Å². The molecule has 1 aromatic heterocycles. The molecule has 120 valence electrons. The molecule has 0 fully saturated rings. The van der Waals surface area contributed by atoms with Crippen molar-refractivity contribution in [2.24, 2.45) is 0 Å². The first-order valence-corrected chi connectivity index (χ1v) is 11.0. The number of non-ortho nitro benzene ring substituents is 1. The Balaban J connectivity index is 2.53. The second kappa shape index (κ2) is 6.38. The van der Waals surface area contributed by atoms with Crippen molar-refractivity contribution in [2.75, 3.05) is 0 Å². The highest BCUT2D eigenvalue weighted by Crippen LogP contribution is 2.27. The monoisotopic (exact) mass is 327 g/mol. The fourth-order valence-corrected chi connectivity index (χ4v) is 2.59. The molecular formula is C17H21N3O2Si. The van der Waals surface area contributed by atoms with Crippen LogP contribution in [0.2, 0.25) is 19.6 Å². The zero-order chi connectivity index (χ0) is 17.2. The van der Waals surface area contributed by atoms with Crippen molar-refractivity contribution in [1.82, 2.24) is 9.78 Å². The minimum Gasteiger partial charge on any atom is -0.258 e. The van der Waals surface area contributed by atoms with E-state index in [1.54, 1.807) is 18.3 Å². The van der Waals surface area contributed by atoms with Gasteiger partial charge in [0.2, 0.25) is 0 Å². The maximum Gasteiger partial charge on any atom is 0.269 e. The van der Waals surface area contributed by atoms with E-state index in [0.29, 0.717) is 0 Å². The molecule has 0 aliphatic heterocycles. The van der Waals surface area contributed by atoms with Crippen LogP contribution in [-0.2, 0) is 0 Å². The Morgan fingerprint density at radius 1 is 1.22 bits per heavy atom. The van der Waals surface area contributed by atoms with Gasteiger partial charge in [-0.25, -0.2) is 0 Å². The summed E-state index contributed by atoms with van der Waals surface area (Å²) in [7, 11) is -1.51. The minimum absolute atomic E-state index is 0.0831. The van der Waals surface area contributed by atoms with Gasteiger partial charge in [0.1, 0.15) is 13.8 Å². The molecule has 0 spiro atoms. The molecule has 0 radical (unpaired) electrons. The summed E-state index contributed by atoms with van der Waals surface area (Å²) in [5.74, 6) is 3.30. The smallest absolute Gasteiger partial charge is 0.258 e.